The zero-order valence-corrected chi connectivity index (χ0v) is 15.3. The van der Waals surface area contributed by atoms with Gasteiger partial charge in [0.1, 0.15) is 11.2 Å². The van der Waals surface area contributed by atoms with Gasteiger partial charge in [-0.25, -0.2) is 0 Å². The number of aryl methyl sites for hydroxylation is 1. The first-order valence-electron chi connectivity index (χ1n) is 9.20. The predicted octanol–water partition coefficient (Wildman–Crippen LogP) is 2.31. The molecule has 3 heterocycles. The first-order valence-corrected chi connectivity index (χ1v) is 9.20. The standard InChI is InChI=1S/C20H24N4O2/c1-22-12-6-10-20(19(22)26)11-7-13-24(20)18(25)17-14-16(21-23(17)2)15-8-4-3-5-9-15/h3-5,8-9,14H,6-7,10-13H2,1-2H3. The van der Waals surface area contributed by atoms with E-state index in [0.717, 1.165) is 43.5 Å². The lowest BCUT2D eigenvalue weighted by molar-refractivity contribution is -0.144. The maximum Gasteiger partial charge on any atom is 0.273 e. The summed E-state index contributed by atoms with van der Waals surface area (Å²) in [5, 5.41) is 4.51. The summed E-state index contributed by atoms with van der Waals surface area (Å²) >= 11 is 0. The Hall–Kier alpha value is -2.63. The number of aromatic nitrogens is 2. The molecule has 0 radical (unpaired) electrons. The van der Waals surface area contributed by atoms with E-state index in [9.17, 15) is 9.59 Å². The largest absolute Gasteiger partial charge is 0.344 e. The van der Waals surface area contributed by atoms with E-state index in [1.54, 1.807) is 21.5 Å². The number of hydrogen-bond donors (Lipinski definition) is 0. The normalized spacial score (nSPS) is 23.1. The highest BCUT2D eigenvalue weighted by Gasteiger charge is 2.52. The van der Waals surface area contributed by atoms with E-state index in [1.165, 1.54) is 0 Å². The molecule has 1 aromatic heterocycles. The van der Waals surface area contributed by atoms with E-state index in [0.29, 0.717) is 12.2 Å². The molecule has 1 atom stereocenters. The van der Waals surface area contributed by atoms with Crippen molar-refractivity contribution >= 4 is 11.8 Å². The number of hydrogen-bond acceptors (Lipinski definition) is 3. The topological polar surface area (TPSA) is 58.4 Å². The molecule has 26 heavy (non-hydrogen) atoms. The van der Waals surface area contributed by atoms with Gasteiger partial charge in [0, 0.05) is 32.7 Å². The number of benzene rings is 1. The second-order valence-corrected chi connectivity index (χ2v) is 7.33. The van der Waals surface area contributed by atoms with E-state index in [4.69, 9.17) is 0 Å². The fourth-order valence-corrected chi connectivity index (χ4v) is 4.38. The molecule has 6 heteroatoms. The Morgan fingerprint density at radius 3 is 2.50 bits per heavy atom. The number of rotatable bonds is 2. The second-order valence-electron chi connectivity index (χ2n) is 7.33. The Kier molecular flexibility index (Phi) is 4.05. The summed E-state index contributed by atoms with van der Waals surface area (Å²) in [6, 6.07) is 11.7. The van der Waals surface area contributed by atoms with E-state index < -0.39 is 5.54 Å². The molecule has 0 aliphatic carbocycles. The van der Waals surface area contributed by atoms with Gasteiger partial charge in [-0.3, -0.25) is 14.3 Å². The number of piperidine rings is 1. The van der Waals surface area contributed by atoms with Gasteiger partial charge < -0.3 is 9.80 Å². The van der Waals surface area contributed by atoms with Crippen molar-refractivity contribution < 1.29 is 9.59 Å². The van der Waals surface area contributed by atoms with Gasteiger partial charge in [-0.2, -0.15) is 5.10 Å². The van der Waals surface area contributed by atoms with Gasteiger partial charge in [-0.15, -0.1) is 0 Å². The number of likely N-dealkylation sites (tertiary alicyclic amines) is 2. The number of likely N-dealkylation sites (N-methyl/N-ethyl adjacent to an activating group) is 1. The van der Waals surface area contributed by atoms with E-state index in [2.05, 4.69) is 5.10 Å². The zero-order valence-electron chi connectivity index (χ0n) is 15.3. The van der Waals surface area contributed by atoms with Crippen LogP contribution in [-0.4, -0.2) is 57.1 Å². The van der Waals surface area contributed by atoms with Crippen LogP contribution in [0.25, 0.3) is 11.3 Å². The molecule has 0 saturated carbocycles. The predicted molar refractivity (Wildman–Crippen MR) is 98.5 cm³/mol. The van der Waals surface area contributed by atoms with Crippen molar-refractivity contribution in [1.82, 2.24) is 19.6 Å². The lowest BCUT2D eigenvalue weighted by Crippen LogP contribution is -2.60. The van der Waals surface area contributed by atoms with Gasteiger partial charge in [0.15, 0.2) is 0 Å². The lowest BCUT2D eigenvalue weighted by Gasteiger charge is -2.43. The van der Waals surface area contributed by atoms with Gasteiger partial charge >= 0.3 is 0 Å². The van der Waals surface area contributed by atoms with E-state index >= 15 is 0 Å². The summed E-state index contributed by atoms with van der Waals surface area (Å²) in [7, 11) is 3.62. The number of nitrogens with zero attached hydrogens (tertiary/aromatic N) is 4. The van der Waals surface area contributed by atoms with Crippen LogP contribution in [-0.2, 0) is 11.8 Å². The molecule has 2 aromatic rings. The minimum atomic E-state index is -0.665. The van der Waals surface area contributed by atoms with Crippen molar-refractivity contribution in [2.45, 2.75) is 31.2 Å². The molecule has 2 aliphatic heterocycles. The highest BCUT2D eigenvalue weighted by Crippen LogP contribution is 2.39. The van der Waals surface area contributed by atoms with Crippen molar-refractivity contribution in [3.05, 3.63) is 42.1 Å². The fraction of sp³-hybridized carbons (Fsp3) is 0.450. The van der Waals surface area contributed by atoms with Crippen LogP contribution in [0.1, 0.15) is 36.2 Å². The highest BCUT2D eigenvalue weighted by molar-refractivity contribution is 5.99. The van der Waals surface area contributed by atoms with Gasteiger partial charge in [0.2, 0.25) is 5.91 Å². The van der Waals surface area contributed by atoms with Crippen molar-refractivity contribution in [1.29, 1.82) is 0 Å². The lowest BCUT2D eigenvalue weighted by atomic mass is 9.85. The molecule has 4 rings (SSSR count). The van der Waals surface area contributed by atoms with E-state index in [1.807, 2.05) is 43.4 Å². The molecule has 2 amide bonds. The quantitative estimate of drug-likeness (QED) is 0.833. The minimum Gasteiger partial charge on any atom is -0.344 e. The van der Waals surface area contributed by atoms with Crippen LogP contribution in [0.3, 0.4) is 0 Å². The Balaban J connectivity index is 1.67. The Morgan fingerprint density at radius 1 is 1.08 bits per heavy atom. The SMILES string of the molecule is CN1CCCC2(CCCN2C(=O)c2cc(-c3ccccc3)nn2C)C1=O. The van der Waals surface area contributed by atoms with Crippen LogP contribution in [0.2, 0.25) is 0 Å². The number of carbonyl (C=O) groups excluding carboxylic acids is 2. The Labute approximate surface area is 153 Å². The average molecular weight is 352 g/mol. The summed E-state index contributed by atoms with van der Waals surface area (Å²) in [5.74, 6) is -0.0108. The van der Waals surface area contributed by atoms with Crippen LogP contribution in [0.15, 0.2) is 36.4 Å². The monoisotopic (exact) mass is 352 g/mol. The molecule has 136 valence electrons. The van der Waals surface area contributed by atoms with Crippen LogP contribution in [0.4, 0.5) is 0 Å². The molecular weight excluding hydrogens is 328 g/mol. The molecule has 1 spiro atoms. The molecule has 1 aromatic carbocycles. The zero-order chi connectivity index (χ0) is 18.3. The molecule has 6 nitrogen and oxygen atoms in total. The maximum atomic E-state index is 13.3. The van der Waals surface area contributed by atoms with Gasteiger partial charge in [-0.05, 0) is 31.7 Å². The Morgan fingerprint density at radius 2 is 1.77 bits per heavy atom. The van der Waals surface area contributed by atoms with Gasteiger partial charge in [-0.1, -0.05) is 30.3 Å². The smallest absolute Gasteiger partial charge is 0.273 e. The fourth-order valence-electron chi connectivity index (χ4n) is 4.38. The molecule has 2 fully saturated rings. The van der Waals surface area contributed by atoms with Crippen LogP contribution >= 0.6 is 0 Å². The number of amides is 2. The second kappa shape index (κ2) is 6.27. The van der Waals surface area contributed by atoms with Crippen molar-refractivity contribution in [3.8, 4) is 11.3 Å². The van der Waals surface area contributed by atoms with Crippen LogP contribution in [0, 0.1) is 0 Å². The molecular formula is C20H24N4O2. The summed E-state index contributed by atoms with van der Waals surface area (Å²) in [4.78, 5) is 29.8. The number of carbonyl (C=O) groups is 2. The third-order valence-corrected chi connectivity index (χ3v) is 5.73. The summed E-state index contributed by atoms with van der Waals surface area (Å²) < 4.78 is 1.63. The maximum absolute atomic E-state index is 13.3. The summed E-state index contributed by atoms with van der Waals surface area (Å²) in [6.45, 7) is 1.40. The van der Waals surface area contributed by atoms with Crippen molar-refractivity contribution in [3.63, 3.8) is 0 Å². The minimum absolute atomic E-state index is 0.0834. The highest BCUT2D eigenvalue weighted by atomic mass is 16.2. The van der Waals surface area contributed by atoms with Crippen molar-refractivity contribution in [2.24, 2.45) is 7.05 Å². The van der Waals surface area contributed by atoms with Crippen LogP contribution < -0.4 is 0 Å². The molecule has 1 unspecified atom stereocenters. The molecule has 2 saturated heterocycles. The first-order chi connectivity index (χ1) is 12.5. The first kappa shape index (κ1) is 16.8. The molecule has 0 N–H and O–H groups in total. The summed E-state index contributed by atoms with van der Waals surface area (Å²) in [6.07, 6.45) is 3.32. The van der Waals surface area contributed by atoms with Crippen molar-refractivity contribution in [2.75, 3.05) is 20.1 Å². The van der Waals surface area contributed by atoms with Gasteiger partial charge in [0.05, 0.1) is 5.69 Å². The third kappa shape index (κ3) is 2.52. The average Bonchev–Trinajstić information content (AvgIpc) is 3.24. The Bertz CT molecular complexity index is 845. The third-order valence-electron chi connectivity index (χ3n) is 5.73. The molecule has 2 aliphatic rings. The molecule has 0 bridgehead atoms. The summed E-state index contributed by atoms with van der Waals surface area (Å²) in [5.41, 5.74) is 1.62. The van der Waals surface area contributed by atoms with Crippen LogP contribution in [0.5, 0.6) is 0 Å². The van der Waals surface area contributed by atoms with E-state index in [-0.39, 0.29) is 11.8 Å². The van der Waals surface area contributed by atoms with Gasteiger partial charge in [0.25, 0.3) is 5.91 Å².